The summed E-state index contributed by atoms with van der Waals surface area (Å²) in [5.74, 6) is -0.0555. The van der Waals surface area contributed by atoms with Crippen LogP contribution < -0.4 is 15.4 Å². The smallest absolute Gasteiger partial charge is 0.274 e. The molecule has 7 nitrogen and oxygen atoms in total. The molecule has 1 heterocycles. The third-order valence-corrected chi connectivity index (χ3v) is 4.44. The monoisotopic (exact) mass is 390 g/mol. The van der Waals surface area contributed by atoms with Gasteiger partial charge in [0.05, 0.1) is 7.11 Å². The van der Waals surface area contributed by atoms with Gasteiger partial charge in [-0.3, -0.25) is 9.59 Å². The topological polar surface area (TPSA) is 93.2 Å². The highest BCUT2D eigenvalue weighted by Crippen LogP contribution is 2.15. The predicted octanol–water partition coefficient (Wildman–Crippen LogP) is 3.28. The zero-order chi connectivity index (χ0) is 20.8. The summed E-state index contributed by atoms with van der Waals surface area (Å²) in [5.41, 5.74) is 3.69. The molecular formula is C22H22N4O3. The molecule has 0 aliphatic rings. The maximum absolute atomic E-state index is 12.7. The lowest BCUT2D eigenvalue weighted by Crippen LogP contribution is -2.26. The number of nitrogens with zero attached hydrogens (tertiary/aromatic N) is 2. The van der Waals surface area contributed by atoms with Crippen molar-refractivity contribution in [2.45, 2.75) is 20.4 Å². The van der Waals surface area contributed by atoms with Crippen molar-refractivity contribution in [3.05, 3.63) is 82.8 Å². The van der Waals surface area contributed by atoms with E-state index in [4.69, 9.17) is 4.74 Å². The van der Waals surface area contributed by atoms with Gasteiger partial charge in [-0.15, -0.1) is 0 Å². The van der Waals surface area contributed by atoms with Crippen LogP contribution >= 0.6 is 0 Å². The highest BCUT2D eigenvalue weighted by Gasteiger charge is 2.17. The summed E-state index contributed by atoms with van der Waals surface area (Å²) in [5, 5.41) is 5.49. The third-order valence-electron chi connectivity index (χ3n) is 4.44. The van der Waals surface area contributed by atoms with Gasteiger partial charge >= 0.3 is 0 Å². The summed E-state index contributed by atoms with van der Waals surface area (Å²) in [6.07, 6.45) is 2.83. The van der Waals surface area contributed by atoms with Gasteiger partial charge in [0.1, 0.15) is 5.75 Å². The Morgan fingerprint density at radius 2 is 1.69 bits per heavy atom. The van der Waals surface area contributed by atoms with Crippen LogP contribution in [0.25, 0.3) is 0 Å². The fourth-order valence-electron chi connectivity index (χ4n) is 2.77. The molecule has 0 bridgehead atoms. The molecule has 29 heavy (non-hydrogen) atoms. The average molecular weight is 390 g/mol. The Kier molecular flexibility index (Phi) is 6.19. The van der Waals surface area contributed by atoms with Crippen molar-refractivity contribution >= 4 is 17.6 Å². The summed E-state index contributed by atoms with van der Waals surface area (Å²) in [6.45, 7) is 4.35. The number of rotatable bonds is 6. The number of carbonyl (C=O) groups excluding carboxylic acids is 2. The quantitative estimate of drug-likeness (QED) is 0.674. The Morgan fingerprint density at radius 1 is 0.966 bits per heavy atom. The summed E-state index contributed by atoms with van der Waals surface area (Å²) in [7, 11) is 1.55. The van der Waals surface area contributed by atoms with E-state index >= 15 is 0 Å². The van der Waals surface area contributed by atoms with Crippen LogP contribution in [0, 0.1) is 13.8 Å². The second-order valence-electron chi connectivity index (χ2n) is 6.55. The summed E-state index contributed by atoms with van der Waals surface area (Å²) >= 11 is 0. The molecule has 2 aromatic carbocycles. The van der Waals surface area contributed by atoms with Gasteiger partial charge < -0.3 is 15.4 Å². The van der Waals surface area contributed by atoms with Crippen molar-refractivity contribution in [2.75, 3.05) is 12.4 Å². The minimum atomic E-state index is -0.413. The van der Waals surface area contributed by atoms with Gasteiger partial charge in [-0.1, -0.05) is 23.8 Å². The highest BCUT2D eigenvalue weighted by atomic mass is 16.5. The number of anilines is 1. The number of hydrogen-bond donors (Lipinski definition) is 2. The number of amides is 2. The molecule has 1 aromatic heterocycles. The first-order valence-corrected chi connectivity index (χ1v) is 9.08. The number of carbonyl (C=O) groups is 2. The van der Waals surface area contributed by atoms with Crippen LogP contribution in [0.3, 0.4) is 0 Å². The van der Waals surface area contributed by atoms with E-state index in [9.17, 15) is 9.59 Å². The van der Waals surface area contributed by atoms with Crippen molar-refractivity contribution in [1.29, 1.82) is 0 Å². The molecule has 0 aliphatic carbocycles. The van der Waals surface area contributed by atoms with E-state index in [-0.39, 0.29) is 11.5 Å². The first kappa shape index (κ1) is 20.0. The van der Waals surface area contributed by atoms with Crippen molar-refractivity contribution in [3.8, 4) is 5.75 Å². The Bertz CT molecular complexity index is 1030. The second kappa shape index (κ2) is 8.97. The first-order chi connectivity index (χ1) is 14.0. The molecule has 0 atom stereocenters. The lowest BCUT2D eigenvalue weighted by atomic mass is 10.1. The number of aromatic nitrogens is 2. The van der Waals surface area contributed by atoms with Crippen molar-refractivity contribution in [1.82, 2.24) is 15.3 Å². The summed E-state index contributed by atoms with van der Waals surface area (Å²) in [6, 6.07) is 12.7. The number of nitrogens with one attached hydrogen (secondary N) is 2. The molecule has 0 radical (unpaired) electrons. The third kappa shape index (κ3) is 4.95. The minimum absolute atomic E-state index is 0.0552. The zero-order valence-electron chi connectivity index (χ0n) is 16.5. The number of aryl methyl sites for hydroxylation is 2. The van der Waals surface area contributed by atoms with Gasteiger partial charge in [0.15, 0.2) is 11.5 Å². The summed E-state index contributed by atoms with van der Waals surface area (Å²) < 4.78 is 5.09. The van der Waals surface area contributed by atoms with E-state index in [2.05, 4.69) is 20.6 Å². The minimum Gasteiger partial charge on any atom is -0.497 e. The number of methoxy groups -OCH3 is 1. The fraction of sp³-hybridized carbons (Fsp3) is 0.182. The molecule has 3 aromatic rings. The van der Waals surface area contributed by atoms with Crippen LogP contribution in [-0.2, 0) is 6.54 Å². The molecule has 148 valence electrons. The molecule has 3 rings (SSSR count). The van der Waals surface area contributed by atoms with E-state index in [1.807, 2.05) is 32.0 Å². The molecule has 0 fully saturated rings. The normalized spacial score (nSPS) is 10.3. The fourth-order valence-corrected chi connectivity index (χ4v) is 2.77. The Hall–Kier alpha value is -3.74. The molecule has 2 N–H and O–H groups in total. The second-order valence-corrected chi connectivity index (χ2v) is 6.55. The maximum atomic E-state index is 12.7. The predicted molar refractivity (Wildman–Crippen MR) is 110 cm³/mol. The van der Waals surface area contributed by atoms with E-state index in [1.165, 1.54) is 12.4 Å². The molecule has 0 unspecified atom stereocenters. The van der Waals surface area contributed by atoms with Crippen molar-refractivity contribution in [3.63, 3.8) is 0 Å². The molecule has 0 saturated carbocycles. The molecule has 0 spiro atoms. The van der Waals surface area contributed by atoms with Gasteiger partial charge in [-0.2, -0.15) is 0 Å². The van der Waals surface area contributed by atoms with Crippen LogP contribution in [0.2, 0.25) is 0 Å². The Morgan fingerprint density at radius 3 is 2.41 bits per heavy atom. The largest absolute Gasteiger partial charge is 0.497 e. The standard InChI is InChI=1S/C22H22N4O3/c1-14-4-5-15(2)17(12-14)13-25-22(28)19-20(24-11-10-23-19)26-21(27)16-6-8-18(29-3)9-7-16/h4-12H,13H2,1-3H3,(H,25,28)(H,24,26,27). The molecule has 7 heteroatoms. The zero-order valence-corrected chi connectivity index (χ0v) is 16.5. The first-order valence-electron chi connectivity index (χ1n) is 9.08. The molecular weight excluding hydrogens is 368 g/mol. The van der Waals surface area contributed by atoms with Gasteiger partial charge in [0.25, 0.3) is 11.8 Å². The van der Waals surface area contributed by atoms with Gasteiger partial charge in [-0.25, -0.2) is 9.97 Å². The van der Waals surface area contributed by atoms with Crippen LogP contribution in [0.4, 0.5) is 5.82 Å². The maximum Gasteiger partial charge on any atom is 0.274 e. The lowest BCUT2D eigenvalue weighted by molar-refractivity contribution is 0.0946. The number of ether oxygens (including phenoxy) is 1. The average Bonchev–Trinajstić information content (AvgIpc) is 2.74. The van der Waals surface area contributed by atoms with Gasteiger partial charge in [-0.05, 0) is 49.2 Å². The number of benzene rings is 2. The Balaban J connectivity index is 1.72. The number of hydrogen-bond acceptors (Lipinski definition) is 5. The van der Waals surface area contributed by atoms with Crippen molar-refractivity contribution < 1.29 is 14.3 Å². The highest BCUT2D eigenvalue weighted by molar-refractivity contribution is 6.07. The van der Waals surface area contributed by atoms with Gasteiger partial charge in [0, 0.05) is 24.5 Å². The van der Waals surface area contributed by atoms with E-state index in [0.717, 1.165) is 16.7 Å². The Labute approximate surface area is 169 Å². The van der Waals surface area contributed by atoms with Crippen LogP contribution in [0.1, 0.15) is 37.5 Å². The molecule has 0 saturated heterocycles. The lowest BCUT2D eigenvalue weighted by Gasteiger charge is -2.11. The van der Waals surface area contributed by atoms with Crippen LogP contribution in [0.15, 0.2) is 54.9 Å². The SMILES string of the molecule is COc1ccc(C(=O)Nc2nccnc2C(=O)NCc2cc(C)ccc2C)cc1. The van der Waals surface area contributed by atoms with Crippen LogP contribution in [-0.4, -0.2) is 28.9 Å². The summed E-state index contributed by atoms with van der Waals surface area (Å²) in [4.78, 5) is 33.4. The van der Waals surface area contributed by atoms with Crippen molar-refractivity contribution in [2.24, 2.45) is 0 Å². The van der Waals surface area contributed by atoms with E-state index in [0.29, 0.717) is 17.9 Å². The van der Waals surface area contributed by atoms with Gasteiger partial charge in [0.2, 0.25) is 0 Å². The molecule has 2 amide bonds. The van der Waals surface area contributed by atoms with E-state index in [1.54, 1.807) is 31.4 Å². The van der Waals surface area contributed by atoms with E-state index < -0.39 is 11.8 Å². The molecule has 0 aliphatic heterocycles. The van der Waals surface area contributed by atoms with Crippen LogP contribution in [0.5, 0.6) is 5.75 Å².